The standard InChI is InChI=1S/C5H7N3O2/c1-4-3-7(2)6-5(4)8(9)10/h3H,1-2H3. The maximum atomic E-state index is 10.2. The van der Waals surface area contributed by atoms with Crippen molar-refractivity contribution in [1.29, 1.82) is 0 Å². The minimum atomic E-state index is -0.491. The summed E-state index contributed by atoms with van der Waals surface area (Å²) in [6.45, 7) is 1.66. The van der Waals surface area contributed by atoms with Gasteiger partial charge in [-0.3, -0.25) is 0 Å². The molecule has 0 bridgehead atoms. The molecule has 0 aromatic carbocycles. The molecule has 0 atom stereocenters. The van der Waals surface area contributed by atoms with Gasteiger partial charge in [0.2, 0.25) is 0 Å². The first-order valence-corrected chi connectivity index (χ1v) is 2.76. The molecule has 10 heavy (non-hydrogen) atoms. The molecule has 5 nitrogen and oxygen atoms in total. The molecule has 1 heterocycles. The highest BCUT2D eigenvalue weighted by Crippen LogP contribution is 2.12. The van der Waals surface area contributed by atoms with Gasteiger partial charge in [-0.15, -0.1) is 0 Å². The lowest BCUT2D eigenvalue weighted by atomic mass is 10.4. The Kier molecular flexibility index (Phi) is 1.41. The minimum absolute atomic E-state index is 0.0671. The van der Waals surface area contributed by atoms with Crippen molar-refractivity contribution < 1.29 is 4.92 Å². The topological polar surface area (TPSA) is 61.0 Å². The van der Waals surface area contributed by atoms with Gasteiger partial charge in [0.15, 0.2) is 0 Å². The van der Waals surface area contributed by atoms with Gasteiger partial charge >= 0.3 is 5.82 Å². The third-order valence-electron chi connectivity index (χ3n) is 1.16. The first kappa shape index (κ1) is 6.73. The number of aromatic nitrogens is 2. The first-order valence-electron chi connectivity index (χ1n) is 2.76. The highest BCUT2D eigenvalue weighted by atomic mass is 16.6. The molecule has 0 spiro atoms. The molecular formula is C5H7N3O2. The number of hydrogen-bond donors (Lipinski definition) is 0. The first-order chi connectivity index (χ1) is 4.61. The van der Waals surface area contributed by atoms with Gasteiger partial charge < -0.3 is 10.1 Å². The lowest BCUT2D eigenvalue weighted by Gasteiger charge is -1.85. The van der Waals surface area contributed by atoms with Crippen LogP contribution in [-0.4, -0.2) is 14.7 Å². The fraction of sp³-hybridized carbons (Fsp3) is 0.400. The van der Waals surface area contributed by atoms with E-state index in [1.165, 1.54) is 4.68 Å². The predicted octanol–water partition coefficient (Wildman–Crippen LogP) is 0.637. The molecule has 0 aliphatic carbocycles. The summed E-state index contributed by atoms with van der Waals surface area (Å²) in [4.78, 5) is 9.67. The van der Waals surface area contributed by atoms with E-state index in [1.807, 2.05) is 0 Å². The van der Waals surface area contributed by atoms with Gasteiger partial charge in [0.1, 0.15) is 0 Å². The van der Waals surface area contributed by atoms with Crippen molar-refractivity contribution in [2.24, 2.45) is 7.05 Å². The van der Waals surface area contributed by atoms with Crippen molar-refractivity contribution in [3.05, 3.63) is 21.9 Å². The summed E-state index contributed by atoms with van der Waals surface area (Å²) in [6, 6.07) is 0. The van der Waals surface area contributed by atoms with Crippen molar-refractivity contribution in [3.63, 3.8) is 0 Å². The normalized spacial score (nSPS) is 9.80. The maximum absolute atomic E-state index is 10.2. The molecule has 0 fully saturated rings. The Labute approximate surface area is 57.4 Å². The number of nitro groups is 1. The zero-order valence-corrected chi connectivity index (χ0v) is 5.74. The molecule has 0 aliphatic rings. The summed E-state index contributed by atoms with van der Waals surface area (Å²) >= 11 is 0. The van der Waals surface area contributed by atoms with Crippen molar-refractivity contribution in [3.8, 4) is 0 Å². The number of rotatable bonds is 1. The fourth-order valence-electron chi connectivity index (χ4n) is 0.776. The molecular weight excluding hydrogens is 134 g/mol. The summed E-state index contributed by atoms with van der Waals surface area (Å²) in [6.07, 6.45) is 1.61. The quantitative estimate of drug-likeness (QED) is 0.425. The van der Waals surface area contributed by atoms with Crippen LogP contribution in [0.5, 0.6) is 0 Å². The van der Waals surface area contributed by atoms with Crippen LogP contribution in [-0.2, 0) is 7.05 Å². The Morgan fingerprint density at radius 1 is 1.80 bits per heavy atom. The van der Waals surface area contributed by atoms with Crippen LogP contribution < -0.4 is 0 Å². The van der Waals surface area contributed by atoms with Crippen LogP contribution in [0.15, 0.2) is 6.20 Å². The molecule has 0 aliphatic heterocycles. The van der Waals surface area contributed by atoms with E-state index in [9.17, 15) is 10.1 Å². The third-order valence-corrected chi connectivity index (χ3v) is 1.16. The molecule has 1 aromatic rings. The van der Waals surface area contributed by atoms with E-state index in [0.717, 1.165) is 0 Å². The molecule has 0 unspecified atom stereocenters. The second-order valence-corrected chi connectivity index (χ2v) is 2.07. The summed E-state index contributed by atoms with van der Waals surface area (Å²) in [5.41, 5.74) is 0.590. The van der Waals surface area contributed by atoms with Gasteiger partial charge in [0.25, 0.3) is 0 Å². The highest BCUT2D eigenvalue weighted by molar-refractivity contribution is 5.27. The molecule has 0 N–H and O–H groups in total. The van der Waals surface area contributed by atoms with E-state index in [1.54, 1.807) is 20.2 Å². The van der Waals surface area contributed by atoms with Crippen LogP contribution in [0.25, 0.3) is 0 Å². The van der Waals surface area contributed by atoms with E-state index in [0.29, 0.717) is 5.56 Å². The Balaban J connectivity index is 3.15. The highest BCUT2D eigenvalue weighted by Gasteiger charge is 2.14. The number of nitrogens with zero attached hydrogens (tertiary/aromatic N) is 3. The molecule has 0 radical (unpaired) electrons. The van der Waals surface area contributed by atoms with Gasteiger partial charge in [-0.25, -0.2) is 0 Å². The van der Waals surface area contributed by atoms with E-state index in [4.69, 9.17) is 0 Å². The fourth-order valence-corrected chi connectivity index (χ4v) is 0.776. The predicted molar refractivity (Wildman–Crippen MR) is 34.6 cm³/mol. The van der Waals surface area contributed by atoms with Crippen molar-refractivity contribution in [2.75, 3.05) is 0 Å². The lowest BCUT2D eigenvalue weighted by molar-refractivity contribution is -0.390. The van der Waals surface area contributed by atoms with Crippen LogP contribution in [0.1, 0.15) is 5.56 Å². The molecule has 0 amide bonds. The van der Waals surface area contributed by atoms with Crippen molar-refractivity contribution in [1.82, 2.24) is 9.78 Å². The van der Waals surface area contributed by atoms with Gasteiger partial charge in [-0.1, -0.05) is 0 Å². The average Bonchev–Trinajstić information content (AvgIpc) is 2.10. The summed E-state index contributed by atoms with van der Waals surface area (Å²) in [5.74, 6) is -0.0671. The number of aryl methyl sites for hydroxylation is 2. The molecule has 5 heteroatoms. The third kappa shape index (κ3) is 0.975. The van der Waals surface area contributed by atoms with E-state index in [-0.39, 0.29) is 5.82 Å². The summed E-state index contributed by atoms with van der Waals surface area (Å²) < 4.78 is 1.42. The van der Waals surface area contributed by atoms with Gasteiger partial charge in [0, 0.05) is 0 Å². The second kappa shape index (κ2) is 2.09. The zero-order chi connectivity index (χ0) is 7.72. The van der Waals surface area contributed by atoms with Gasteiger partial charge in [0.05, 0.1) is 23.9 Å². The van der Waals surface area contributed by atoms with Gasteiger partial charge in [-0.05, 0) is 11.8 Å². The minimum Gasteiger partial charge on any atom is -0.358 e. The molecule has 0 saturated heterocycles. The zero-order valence-electron chi connectivity index (χ0n) is 5.74. The Bertz CT molecular complexity index is 266. The van der Waals surface area contributed by atoms with E-state index >= 15 is 0 Å². The lowest BCUT2D eigenvalue weighted by Crippen LogP contribution is -1.92. The average molecular weight is 141 g/mol. The molecule has 0 saturated carbocycles. The summed E-state index contributed by atoms with van der Waals surface area (Å²) in [7, 11) is 1.65. The van der Waals surface area contributed by atoms with Crippen LogP contribution in [0.4, 0.5) is 5.82 Å². The second-order valence-electron chi connectivity index (χ2n) is 2.07. The van der Waals surface area contributed by atoms with Gasteiger partial charge in [-0.2, -0.15) is 4.68 Å². The van der Waals surface area contributed by atoms with E-state index in [2.05, 4.69) is 5.10 Å². The smallest absolute Gasteiger partial charge is 0.358 e. The molecule has 54 valence electrons. The number of hydrogen-bond acceptors (Lipinski definition) is 3. The van der Waals surface area contributed by atoms with Crippen molar-refractivity contribution in [2.45, 2.75) is 6.92 Å². The Hall–Kier alpha value is -1.39. The largest absolute Gasteiger partial charge is 0.392 e. The monoisotopic (exact) mass is 141 g/mol. The van der Waals surface area contributed by atoms with Crippen LogP contribution in [0, 0.1) is 17.0 Å². The Morgan fingerprint density at radius 3 is 2.60 bits per heavy atom. The Morgan fingerprint density at radius 2 is 2.40 bits per heavy atom. The van der Waals surface area contributed by atoms with E-state index < -0.39 is 4.92 Å². The van der Waals surface area contributed by atoms with Crippen LogP contribution in [0.2, 0.25) is 0 Å². The molecule has 1 aromatic heterocycles. The van der Waals surface area contributed by atoms with Crippen LogP contribution in [0.3, 0.4) is 0 Å². The summed E-state index contributed by atoms with van der Waals surface area (Å²) in [5, 5.41) is 13.8. The maximum Gasteiger partial charge on any atom is 0.392 e. The van der Waals surface area contributed by atoms with Crippen molar-refractivity contribution >= 4 is 5.82 Å². The SMILES string of the molecule is Cc1cn(C)nc1[N+](=O)[O-]. The van der Waals surface area contributed by atoms with Crippen LogP contribution >= 0.6 is 0 Å². The molecule has 1 rings (SSSR count).